The first-order valence-corrected chi connectivity index (χ1v) is 15.6. The summed E-state index contributed by atoms with van der Waals surface area (Å²) in [6, 6.07) is 53.3. The summed E-state index contributed by atoms with van der Waals surface area (Å²) in [5.41, 5.74) is 8.88. The lowest BCUT2D eigenvalue weighted by Gasteiger charge is -2.28. The summed E-state index contributed by atoms with van der Waals surface area (Å²) in [4.78, 5) is 2.32. The van der Waals surface area contributed by atoms with Gasteiger partial charge in [-0.2, -0.15) is 0 Å². The van der Waals surface area contributed by atoms with Crippen molar-refractivity contribution in [1.82, 2.24) is 9.13 Å². The molecular formula is C42H27F2N3. The number of benzene rings is 7. The summed E-state index contributed by atoms with van der Waals surface area (Å²) in [6.07, 6.45) is 0. The molecule has 5 heteroatoms. The second-order valence-corrected chi connectivity index (χ2v) is 11.7. The molecule has 2 aromatic heterocycles. The number of rotatable bonds is 5. The van der Waals surface area contributed by atoms with E-state index in [1.165, 1.54) is 24.3 Å². The molecule has 2 heterocycles. The Morgan fingerprint density at radius 3 is 1.60 bits per heavy atom. The zero-order valence-corrected chi connectivity index (χ0v) is 25.2. The van der Waals surface area contributed by atoms with Gasteiger partial charge in [-0.25, -0.2) is 8.78 Å². The van der Waals surface area contributed by atoms with Gasteiger partial charge in [0.25, 0.3) is 0 Å². The SMILES string of the molecule is Fc1ccc(-n2c3ccccc3c3c(N(c4ccccc4)c4cccc5c6ccccc6n(-c6ccc(F)cc6)c45)cccc32)cc1. The van der Waals surface area contributed by atoms with Gasteiger partial charge in [0, 0.05) is 38.6 Å². The fourth-order valence-electron chi connectivity index (χ4n) is 7.08. The van der Waals surface area contributed by atoms with Crippen LogP contribution in [0.3, 0.4) is 0 Å². The zero-order valence-electron chi connectivity index (χ0n) is 25.2. The van der Waals surface area contributed by atoms with Crippen LogP contribution in [-0.2, 0) is 0 Å². The van der Waals surface area contributed by atoms with Crippen LogP contribution in [0, 0.1) is 11.6 Å². The number of aromatic nitrogens is 2. The van der Waals surface area contributed by atoms with Crippen LogP contribution in [0.5, 0.6) is 0 Å². The molecule has 0 bridgehead atoms. The van der Waals surface area contributed by atoms with Crippen molar-refractivity contribution in [1.29, 1.82) is 0 Å². The smallest absolute Gasteiger partial charge is 0.123 e. The first kappa shape index (κ1) is 27.1. The van der Waals surface area contributed by atoms with E-state index < -0.39 is 0 Å². The van der Waals surface area contributed by atoms with Crippen molar-refractivity contribution in [2.45, 2.75) is 0 Å². The van der Waals surface area contributed by atoms with Gasteiger partial charge in [0.05, 0.1) is 33.4 Å². The number of anilines is 3. The van der Waals surface area contributed by atoms with Crippen LogP contribution in [0.2, 0.25) is 0 Å². The van der Waals surface area contributed by atoms with Crippen molar-refractivity contribution < 1.29 is 8.78 Å². The van der Waals surface area contributed by atoms with Crippen molar-refractivity contribution in [3.63, 3.8) is 0 Å². The highest BCUT2D eigenvalue weighted by atomic mass is 19.1. The van der Waals surface area contributed by atoms with Crippen molar-refractivity contribution in [2.75, 3.05) is 4.90 Å². The predicted octanol–water partition coefficient (Wildman–Crippen LogP) is 11.6. The van der Waals surface area contributed by atoms with Gasteiger partial charge >= 0.3 is 0 Å². The van der Waals surface area contributed by atoms with Crippen LogP contribution in [0.25, 0.3) is 55.0 Å². The van der Waals surface area contributed by atoms with Gasteiger partial charge < -0.3 is 14.0 Å². The average molecular weight is 612 g/mol. The minimum absolute atomic E-state index is 0.268. The normalized spacial score (nSPS) is 11.6. The molecule has 0 aliphatic carbocycles. The van der Waals surface area contributed by atoms with E-state index in [0.29, 0.717) is 0 Å². The standard InChI is InChI=1S/C42H27F2N3/c43-28-20-24-31(25-21-28)45-37-16-7-5-13-35(37)41-38(45)17-9-18-39(41)46(30-10-2-1-3-11-30)40-19-8-14-34-33-12-4-6-15-36(33)47(42(34)40)32-26-22-29(44)23-27-32/h1-27H. The molecular weight excluding hydrogens is 584 g/mol. The molecule has 0 radical (unpaired) electrons. The second kappa shape index (κ2) is 10.7. The van der Waals surface area contributed by atoms with E-state index in [0.717, 1.165) is 72.0 Å². The lowest BCUT2D eigenvalue weighted by Crippen LogP contribution is -2.12. The number of hydrogen-bond acceptors (Lipinski definition) is 1. The van der Waals surface area contributed by atoms with Crippen LogP contribution in [0.15, 0.2) is 164 Å². The molecule has 0 fully saturated rings. The van der Waals surface area contributed by atoms with Gasteiger partial charge in [0.15, 0.2) is 0 Å². The molecule has 224 valence electrons. The summed E-state index contributed by atoms with van der Waals surface area (Å²) in [6.45, 7) is 0. The van der Waals surface area contributed by atoms with Gasteiger partial charge in [-0.05, 0) is 91.0 Å². The molecule has 0 saturated heterocycles. The fourth-order valence-corrected chi connectivity index (χ4v) is 7.08. The number of halogens is 2. The van der Waals surface area contributed by atoms with Gasteiger partial charge in [-0.15, -0.1) is 0 Å². The Balaban J connectivity index is 1.42. The molecule has 0 aliphatic heterocycles. The Labute approximate surface area is 269 Å². The van der Waals surface area contributed by atoms with Crippen molar-refractivity contribution >= 4 is 60.7 Å². The van der Waals surface area contributed by atoms with E-state index >= 15 is 0 Å². The molecule has 0 amide bonds. The number of para-hydroxylation sites is 4. The molecule has 0 unspecified atom stereocenters. The molecule has 0 spiro atoms. The highest BCUT2D eigenvalue weighted by Gasteiger charge is 2.24. The van der Waals surface area contributed by atoms with Crippen LogP contribution in [-0.4, -0.2) is 9.13 Å². The van der Waals surface area contributed by atoms with E-state index in [4.69, 9.17) is 0 Å². The third kappa shape index (κ3) is 4.24. The van der Waals surface area contributed by atoms with E-state index in [1.807, 2.05) is 42.5 Å². The Kier molecular flexibility index (Phi) is 6.18. The van der Waals surface area contributed by atoms with E-state index in [-0.39, 0.29) is 11.6 Å². The zero-order chi connectivity index (χ0) is 31.5. The molecule has 3 nitrogen and oxygen atoms in total. The molecule has 0 aliphatic rings. The van der Waals surface area contributed by atoms with Crippen LogP contribution in [0.1, 0.15) is 0 Å². The molecule has 0 N–H and O–H groups in total. The van der Waals surface area contributed by atoms with Gasteiger partial charge in [-0.1, -0.05) is 72.8 Å². The van der Waals surface area contributed by atoms with Crippen molar-refractivity contribution in [3.05, 3.63) is 175 Å². The van der Waals surface area contributed by atoms with Gasteiger partial charge in [0.1, 0.15) is 11.6 Å². The monoisotopic (exact) mass is 611 g/mol. The van der Waals surface area contributed by atoms with Gasteiger partial charge in [0.2, 0.25) is 0 Å². The van der Waals surface area contributed by atoms with Crippen molar-refractivity contribution in [3.8, 4) is 11.4 Å². The molecule has 47 heavy (non-hydrogen) atoms. The number of fused-ring (bicyclic) bond motifs is 6. The van der Waals surface area contributed by atoms with E-state index in [2.05, 4.69) is 111 Å². The van der Waals surface area contributed by atoms with Crippen LogP contribution in [0.4, 0.5) is 25.8 Å². The predicted molar refractivity (Wildman–Crippen MR) is 190 cm³/mol. The minimum atomic E-state index is -0.273. The second-order valence-electron chi connectivity index (χ2n) is 11.7. The van der Waals surface area contributed by atoms with Crippen LogP contribution < -0.4 is 4.90 Å². The number of hydrogen-bond donors (Lipinski definition) is 0. The van der Waals surface area contributed by atoms with Crippen molar-refractivity contribution in [2.24, 2.45) is 0 Å². The summed E-state index contributed by atoms with van der Waals surface area (Å²) in [7, 11) is 0. The summed E-state index contributed by atoms with van der Waals surface area (Å²) in [5, 5.41) is 4.39. The average Bonchev–Trinajstić information content (AvgIpc) is 3.64. The summed E-state index contributed by atoms with van der Waals surface area (Å²) < 4.78 is 32.7. The van der Waals surface area contributed by atoms with E-state index in [1.54, 1.807) is 0 Å². The lowest BCUT2D eigenvalue weighted by molar-refractivity contribution is 0.627. The Hall–Kier alpha value is -6.20. The molecule has 9 rings (SSSR count). The maximum absolute atomic E-state index is 14.2. The fraction of sp³-hybridized carbons (Fsp3) is 0. The third-order valence-electron chi connectivity index (χ3n) is 9.01. The third-order valence-corrected chi connectivity index (χ3v) is 9.01. The van der Waals surface area contributed by atoms with Crippen LogP contribution >= 0.6 is 0 Å². The summed E-state index contributed by atoms with van der Waals surface area (Å²) in [5.74, 6) is -0.542. The first-order valence-electron chi connectivity index (χ1n) is 15.6. The maximum Gasteiger partial charge on any atom is 0.123 e. The minimum Gasteiger partial charge on any atom is -0.309 e. The summed E-state index contributed by atoms with van der Waals surface area (Å²) >= 11 is 0. The molecule has 0 saturated carbocycles. The highest BCUT2D eigenvalue weighted by molar-refractivity contribution is 6.19. The Morgan fingerprint density at radius 1 is 0.383 bits per heavy atom. The largest absolute Gasteiger partial charge is 0.309 e. The molecule has 0 atom stereocenters. The molecule has 7 aromatic carbocycles. The lowest BCUT2D eigenvalue weighted by atomic mass is 10.1. The quantitative estimate of drug-likeness (QED) is 0.189. The van der Waals surface area contributed by atoms with E-state index in [9.17, 15) is 8.78 Å². The topological polar surface area (TPSA) is 13.1 Å². The highest BCUT2D eigenvalue weighted by Crippen LogP contribution is 2.47. The van der Waals surface area contributed by atoms with Gasteiger partial charge in [-0.3, -0.25) is 0 Å². The maximum atomic E-state index is 14.2. The Morgan fingerprint density at radius 2 is 0.894 bits per heavy atom. The Bertz CT molecular complexity index is 2580. The molecule has 9 aromatic rings. The number of nitrogens with zero attached hydrogens (tertiary/aromatic N) is 3. The first-order chi connectivity index (χ1) is 23.2.